The molecule has 3 aromatic carbocycles. The first-order chi connectivity index (χ1) is 15.4. The third kappa shape index (κ3) is 2.81. The van der Waals surface area contributed by atoms with Gasteiger partial charge in [-0.25, -0.2) is 4.90 Å². The summed E-state index contributed by atoms with van der Waals surface area (Å²) in [6, 6.07) is 17.2. The first-order valence-corrected chi connectivity index (χ1v) is 9.72. The molecule has 8 heteroatoms. The number of fused-ring (bicyclic) bond motifs is 2. The lowest BCUT2D eigenvalue weighted by atomic mass is 10.1. The zero-order chi connectivity index (χ0) is 22.6. The molecule has 0 bridgehead atoms. The number of hydrogen-bond acceptors (Lipinski definition) is 5. The average molecular weight is 425 g/mol. The fraction of sp³-hybridized carbons (Fsp3) is 0.0417. The Balaban J connectivity index is 1.41. The molecule has 0 radical (unpaired) electrons. The van der Waals surface area contributed by atoms with Crippen LogP contribution >= 0.6 is 0 Å². The van der Waals surface area contributed by atoms with Gasteiger partial charge in [0.25, 0.3) is 29.5 Å². The lowest BCUT2D eigenvalue weighted by Crippen LogP contribution is -2.29. The number of rotatable bonds is 3. The molecule has 3 aromatic rings. The van der Waals surface area contributed by atoms with Crippen molar-refractivity contribution in [2.24, 2.45) is 0 Å². The fourth-order valence-electron chi connectivity index (χ4n) is 3.85. The van der Waals surface area contributed by atoms with Crippen LogP contribution in [0.2, 0.25) is 0 Å². The summed E-state index contributed by atoms with van der Waals surface area (Å²) in [4.78, 5) is 64.4. The van der Waals surface area contributed by atoms with E-state index in [-0.39, 0.29) is 16.7 Å². The molecule has 0 unspecified atom stereocenters. The summed E-state index contributed by atoms with van der Waals surface area (Å²) in [5, 5.41) is 2.70. The van der Waals surface area contributed by atoms with Crippen molar-refractivity contribution in [3.05, 3.63) is 94.5 Å². The molecule has 2 aliphatic heterocycles. The highest BCUT2D eigenvalue weighted by Crippen LogP contribution is 2.30. The van der Waals surface area contributed by atoms with Crippen molar-refractivity contribution < 1.29 is 24.0 Å². The average Bonchev–Trinajstić information content (AvgIpc) is 3.19. The second-order valence-corrected chi connectivity index (χ2v) is 7.43. The van der Waals surface area contributed by atoms with Gasteiger partial charge in [0.15, 0.2) is 0 Å². The van der Waals surface area contributed by atoms with Gasteiger partial charge in [0.2, 0.25) is 0 Å². The maximum Gasteiger partial charge on any atom is 0.266 e. The highest BCUT2D eigenvalue weighted by atomic mass is 16.2. The zero-order valence-corrected chi connectivity index (χ0v) is 16.8. The molecule has 0 spiro atoms. The minimum atomic E-state index is -0.498. The minimum absolute atomic E-state index is 0.171. The number of carbonyl (C=O) groups excluding carboxylic acids is 5. The molecule has 0 atom stereocenters. The number of hydrogen-bond donors (Lipinski definition) is 1. The molecule has 5 amide bonds. The van der Waals surface area contributed by atoms with Crippen molar-refractivity contribution >= 4 is 40.9 Å². The second kappa shape index (κ2) is 6.98. The highest BCUT2D eigenvalue weighted by molar-refractivity contribution is 6.34. The largest absolute Gasteiger partial charge is 0.322 e. The van der Waals surface area contributed by atoms with E-state index in [1.165, 1.54) is 31.3 Å². The number of nitrogens with one attached hydrogen (secondary N) is 1. The summed E-state index contributed by atoms with van der Waals surface area (Å²) >= 11 is 0. The van der Waals surface area contributed by atoms with E-state index >= 15 is 0 Å². The van der Waals surface area contributed by atoms with Crippen LogP contribution in [0.1, 0.15) is 51.8 Å². The molecule has 2 aliphatic rings. The summed E-state index contributed by atoms with van der Waals surface area (Å²) in [7, 11) is 1.38. The molecule has 0 aliphatic carbocycles. The van der Waals surface area contributed by atoms with E-state index in [1.807, 2.05) is 0 Å². The normalized spacial score (nSPS) is 14.7. The van der Waals surface area contributed by atoms with Crippen molar-refractivity contribution in [2.45, 2.75) is 0 Å². The summed E-state index contributed by atoms with van der Waals surface area (Å²) < 4.78 is 0. The lowest BCUT2D eigenvalue weighted by Gasteiger charge is -2.15. The molecule has 0 aromatic heterocycles. The number of anilines is 2. The number of amides is 5. The molecule has 0 fully saturated rings. The maximum atomic E-state index is 12.8. The van der Waals surface area contributed by atoms with E-state index in [1.54, 1.807) is 42.5 Å². The zero-order valence-electron chi connectivity index (χ0n) is 16.8. The number of nitrogens with zero attached hydrogens (tertiary/aromatic N) is 2. The van der Waals surface area contributed by atoms with Crippen LogP contribution in [0.15, 0.2) is 66.7 Å². The van der Waals surface area contributed by atoms with Crippen LogP contribution in [-0.2, 0) is 0 Å². The van der Waals surface area contributed by atoms with Gasteiger partial charge in [-0.15, -0.1) is 0 Å². The Hall–Kier alpha value is -4.59. The van der Waals surface area contributed by atoms with E-state index in [4.69, 9.17) is 0 Å². The topological polar surface area (TPSA) is 104 Å². The van der Waals surface area contributed by atoms with E-state index in [0.29, 0.717) is 22.5 Å². The van der Waals surface area contributed by atoms with Crippen LogP contribution in [-0.4, -0.2) is 41.5 Å². The van der Waals surface area contributed by atoms with Gasteiger partial charge in [0, 0.05) is 18.3 Å². The maximum absolute atomic E-state index is 12.8. The molecule has 5 rings (SSSR count). The Morgan fingerprint density at radius 2 is 1.31 bits per heavy atom. The number of imide groups is 2. The minimum Gasteiger partial charge on any atom is -0.322 e. The number of carbonyl (C=O) groups is 5. The van der Waals surface area contributed by atoms with Gasteiger partial charge >= 0.3 is 0 Å². The van der Waals surface area contributed by atoms with Gasteiger partial charge in [-0.2, -0.15) is 0 Å². The van der Waals surface area contributed by atoms with Gasteiger partial charge < -0.3 is 5.32 Å². The van der Waals surface area contributed by atoms with Crippen LogP contribution in [0.4, 0.5) is 11.4 Å². The lowest BCUT2D eigenvalue weighted by molar-refractivity contribution is 0.0692. The molecular weight excluding hydrogens is 410 g/mol. The molecule has 32 heavy (non-hydrogen) atoms. The smallest absolute Gasteiger partial charge is 0.266 e. The predicted molar refractivity (Wildman–Crippen MR) is 115 cm³/mol. The molecule has 1 N–H and O–H groups in total. The summed E-state index contributed by atoms with van der Waals surface area (Å²) in [5.41, 5.74) is 1.97. The van der Waals surface area contributed by atoms with Crippen molar-refractivity contribution in [3.63, 3.8) is 0 Å². The second-order valence-electron chi connectivity index (χ2n) is 7.43. The van der Waals surface area contributed by atoms with Crippen LogP contribution in [0.3, 0.4) is 0 Å². The van der Waals surface area contributed by atoms with Crippen LogP contribution in [0.25, 0.3) is 0 Å². The Labute approximate surface area is 182 Å². The molecule has 2 heterocycles. The molecular formula is C24H15N3O5. The molecule has 0 saturated heterocycles. The third-order valence-electron chi connectivity index (χ3n) is 5.51. The van der Waals surface area contributed by atoms with E-state index in [2.05, 4.69) is 5.32 Å². The standard InChI is InChI=1S/C24H15N3O5/c1-26-21(29)18-10-9-13(11-19(18)22(26)30)20(28)25-14-5-4-6-15(12-14)27-23(31)16-7-2-3-8-17(16)24(27)32/h2-12H,1H3,(H,25,28). The molecule has 8 nitrogen and oxygen atoms in total. The Morgan fingerprint density at radius 1 is 0.688 bits per heavy atom. The highest BCUT2D eigenvalue weighted by Gasteiger charge is 2.36. The predicted octanol–water partition coefficient (Wildman–Crippen LogP) is 2.97. The monoisotopic (exact) mass is 425 g/mol. The quantitative estimate of drug-likeness (QED) is 0.650. The SMILES string of the molecule is CN1C(=O)c2ccc(C(=O)Nc3cccc(N4C(=O)c5ccccc5C4=O)c3)cc2C1=O. The van der Waals surface area contributed by atoms with E-state index in [9.17, 15) is 24.0 Å². The first kappa shape index (κ1) is 19.4. The summed E-state index contributed by atoms with van der Waals surface area (Å²) in [6.07, 6.45) is 0. The first-order valence-electron chi connectivity index (χ1n) is 9.72. The number of benzene rings is 3. The fourth-order valence-corrected chi connectivity index (χ4v) is 3.85. The Bertz CT molecular complexity index is 1340. The van der Waals surface area contributed by atoms with Crippen molar-refractivity contribution in [1.82, 2.24) is 4.90 Å². The summed E-state index contributed by atoms with van der Waals surface area (Å²) in [5.74, 6) is -2.24. The molecule has 0 saturated carbocycles. The van der Waals surface area contributed by atoms with Crippen LogP contribution < -0.4 is 10.2 Å². The third-order valence-corrected chi connectivity index (χ3v) is 5.51. The van der Waals surface area contributed by atoms with Crippen molar-refractivity contribution in [2.75, 3.05) is 17.3 Å². The van der Waals surface area contributed by atoms with Gasteiger partial charge in [-0.3, -0.25) is 28.9 Å². The van der Waals surface area contributed by atoms with Crippen molar-refractivity contribution in [3.8, 4) is 0 Å². The Kier molecular flexibility index (Phi) is 4.23. The van der Waals surface area contributed by atoms with Gasteiger partial charge in [0.05, 0.1) is 27.9 Å². The van der Waals surface area contributed by atoms with Gasteiger partial charge in [-0.05, 0) is 48.5 Å². The van der Waals surface area contributed by atoms with Crippen molar-refractivity contribution in [1.29, 1.82) is 0 Å². The Morgan fingerprint density at radius 3 is 2.00 bits per heavy atom. The van der Waals surface area contributed by atoms with E-state index < -0.39 is 29.5 Å². The van der Waals surface area contributed by atoms with Gasteiger partial charge in [0.1, 0.15) is 0 Å². The van der Waals surface area contributed by atoms with Crippen LogP contribution in [0, 0.1) is 0 Å². The van der Waals surface area contributed by atoms with Gasteiger partial charge in [-0.1, -0.05) is 18.2 Å². The van der Waals surface area contributed by atoms with E-state index in [0.717, 1.165) is 9.80 Å². The van der Waals surface area contributed by atoms with Crippen LogP contribution in [0.5, 0.6) is 0 Å². The summed E-state index contributed by atoms with van der Waals surface area (Å²) in [6.45, 7) is 0. The molecule has 156 valence electrons.